The van der Waals surface area contributed by atoms with Gasteiger partial charge >= 0.3 is 0 Å². The van der Waals surface area contributed by atoms with E-state index in [1.54, 1.807) is 13.2 Å². The van der Waals surface area contributed by atoms with E-state index in [1.165, 1.54) is 17.5 Å². The molecule has 1 atom stereocenters. The lowest BCUT2D eigenvalue weighted by atomic mass is 9.65. The van der Waals surface area contributed by atoms with Gasteiger partial charge in [0.2, 0.25) is 0 Å². The van der Waals surface area contributed by atoms with E-state index in [1.807, 2.05) is 6.07 Å². The average Bonchev–Trinajstić information content (AvgIpc) is 2.42. The molecular weight excluding hydrogens is 224 g/mol. The summed E-state index contributed by atoms with van der Waals surface area (Å²) in [6, 6.07) is 6.31. The van der Waals surface area contributed by atoms with E-state index in [2.05, 4.69) is 18.2 Å². The second kappa shape index (κ2) is 4.27. The Hall–Kier alpha value is -1.57. The summed E-state index contributed by atoms with van der Waals surface area (Å²) in [5.41, 5.74) is 2.79. The van der Waals surface area contributed by atoms with Crippen molar-refractivity contribution in [3.8, 4) is 5.75 Å². The summed E-state index contributed by atoms with van der Waals surface area (Å²) in [5.74, 6) is 1.26. The largest absolute Gasteiger partial charge is 0.496 e. The van der Waals surface area contributed by atoms with Crippen LogP contribution in [0.25, 0.3) is 0 Å². The Balaban J connectivity index is 2.12. The lowest BCUT2D eigenvalue weighted by molar-refractivity contribution is -0.115. The van der Waals surface area contributed by atoms with Crippen LogP contribution in [0.5, 0.6) is 5.75 Å². The van der Waals surface area contributed by atoms with Gasteiger partial charge in [-0.3, -0.25) is 4.79 Å². The van der Waals surface area contributed by atoms with Crippen LogP contribution in [0.1, 0.15) is 36.8 Å². The molecule has 0 aliphatic heterocycles. The summed E-state index contributed by atoms with van der Waals surface area (Å²) in [4.78, 5) is 11.4. The molecule has 0 amide bonds. The van der Waals surface area contributed by atoms with Crippen LogP contribution in [-0.4, -0.2) is 12.9 Å². The molecule has 2 heteroatoms. The van der Waals surface area contributed by atoms with Gasteiger partial charge < -0.3 is 4.74 Å². The first-order chi connectivity index (χ1) is 8.75. The lowest BCUT2D eigenvalue weighted by Gasteiger charge is -2.39. The molecule has 1 aromatic rings. The first-order valence-corrected chi connectivity index (χ1v) is 6.64. The van der Waals surface area contributed by atoms with Crippen LogP contribution < -0.4 is 4.74 Å². The van der Waals surface area contributed by atoms with Crippen LogP contribution in [0.15, 0.2) is 30.4 Å². The van der Waals surface area contributed by atoms with E-state index in [4.69, 9.17) is 4.74 Å². The number of hydrogen-bond donors (Lipinski definition) is 0. The van der Waals surface area contributed by atoms with Gasteiger partial charge in [0.05, 0.1) is 7.11 Å². The van der Waals surface area contributed by atoms with Crippen LogP contribution in [0, 0.1) is 0 Å². The lowest BCUT2D eigenvalue weighted by Crippen LogP contribution is -2.32. The molecule has 0 unspecified atom stereocenters. The van der Waals surface area contributed by atoms with Gasteiger partial charge in [0.1, 0.15) is 5.75 Å². The number of carbonyl (C=O) groups is 1. The van der Waals surface area contributed by atoms with Crippen LogP contribution in [-0.2, 0) is 16.6 Å². The topological polar surface area (TPSA) is 26.3 Å². The van der Waals surface area contributed by atoms with Gasteiger partial charge in [-0.15, -0.1) is 0 Å². The zero-order valence-corrected chi connectivity index (χ0v) is 10.7. The molecule has 2 aliphatic carbocycles. The van der Waals surface area contributed by atoms with Crippen molar-refractivity contribution >= 4 is 5.78 Å². The Labute approximate surface area is 108 Å². The first kappa shape index (κ1) is 11.5. The third-order valence-corrected chi connectivity index (χ3v) is 4.34. The van der Waals surface area contributed by atoms with Crippen molar-refractivity contribution in [2.75, 3.05) is 7.11 Å². The fraction of sp³-hybridized carbons (Fsp3) is 0.438. The third kappa shape index (κ3) is 1.67. The van der Waals surface area contributed by atoms with Gasteiger partial charge in [0.25, 0.3) is 0 Å². The van der Waals surface area contributed by atoms with Crippen molar-refractivity contribution in [1.82, 2.24) is 0 Å². The van der Waals surface area contributed by atoms with Gasteiger partial charge in [0.15, 0.2) is 5.78 Å². The maximum atomic E-state index is 11.4. The van der Waals surface area contributed by atoms with E-state index >= 15 is 0 Å². The number of benzene rings is 1. The molecule has 0 saturated carbocycles. The van der Waals surface area contributed by atoms with Crippen molar-refractivity contribution in [2.45, 2.75) is 37.5 Å². The van der Waals surface area contributed by atoms with Gasteiger partial charge in [0, 0.05) is 11.8 Å². The summed E-state index contributed by atoms with van der Waals surface area (Å²) >= 11 is 0. The molecule has 0 N–H and O–H groups in total. The molecule has 0 radical (unpaired) electrons. The van der Waals surface area contributed by atoms with Gasteiger partial charge in [-0.2, -0.15) is 0 Å². The average molecular weight is 242 g/mol. The monoisotopic (exact) mass is 242 g/mol. The number of ketones is 1. The molecule has 0 fully saturated rings. The fourth-order valence-corrected chi connectivity index (χ4v) is 3.39. The van der Waals surface area contributed by atoms with Crippen molar-refractivity contribution in [3.05, 3.63) is 41.5 Å². The number of fused-ring (bicyclic) bond motifs is 2. The Bertz CT molecular complexity index is 516. The third-order valence-electron chi connectivity index (χ3n) is 4.34. The number of rotatable bonds is 1. The smallest absolute Gasteiger partial charge is 0.155 e. The van der Waals surface area contributed by atoms with Crippen LogP contribution in [0.2, 0.25) is 0 Å². The minimum absolute atomic E-state index is 0.0794. The van der Waals surface area contributed by atoms with Gasteiger partial charge in [-0.25, -0.2) is 0 Å². The standard InChI is InChI=1S/C16H18O2/c1-18-15-6-2-5-14-13(15)4-3-9-16(14)10-7-12(17)8-11-16/h2,5-7,10H,3-4,8-9,11H2,1H3/t16-/m1/s1. The zero-order chi connectivity index (χ0) is 12.6. The summed E-state index contributed by atoms with van der Waals surface area (Å²) in [7, 11) is 1.73. The SMILES string of the molecule is COc1cccc2c1CCC[C@]21C=CC(=O)CC1. The number of allylic oxidation sites excluding steroid dienone is 2. The van der Waals surface area contributed by atoms with E-state index in [0.717, 1.165) is 25.0 Å². The quantitative estimate of drug-likeness (QED) is 0.756. The van der Waals surface area contributed by atoms with Gasteiger partial charge in [-0.1, -0.05) is 18.2 Å². The second-order valence-corrected chi connectivity index (χ2v) is 5.30. The normalized spacial score (nSPS) is 26.2. The predicted molar refractivity (Wildman–Crippen MR) is 71.0 cm³/mol. The minimum atomic E-state index is 0.0794. The number of carbonyl (C=O) groups excluding carboxylic acids is 1. The maximum Gasteiger partial charge on any atom is 0.155 e. The van der Waals surface area contributed by atoms with Gasteiger partial charge in [-0.05, 0) is 49.0 Å². The van der Waals surface area contributed by atoms with Crippen LogP contribution in [0.3, 0.4) is 0 Å². The highest BCUT2D eigenvalue weighted by molar-refractivity contribution is 5.91. The number of hydrogen-bond acceptors (Lipinski definition) is 2. The van der Waals surface area contributed by atoms with E-state index in [9.17, 15) is 4.79 Å². The Morgan fingerprint density at radius 2 is 2.11 bits per heavy atom. The molecule has 1 spiro atoms. The summed E-state index contributed by atoms with van der Waals surface area (Å²) < 4.78 is 5.48. The highest BCUT2D eigenvalue weighted by Gasteiger charge is 2.37. The van der Waals surface area contributed by atoms with Crippen molar-refractivity contribution in [3.63, 3.8) is 0 Å². The molecule has 2 aliphatic rings. The van der Waals surface area contributed by atoms with E-state index < -0.39 is 0 Å². The molecule has 2 nitrogen and oxygen atoms in total. The molecule has 94 valence electrons. The zero-order valence-electron chi connectivity index (χ0n) is 10.7. The summed E-state index contributed by atoms with van der Waals surface area (Å²) in [6.07, 6.45) is 8.94. The van der Waals surface area contributed by atoms with E-state index in [0.29, 0.717) is 6.42 Å². The van der Waals surface area contributed by atoms with Crippen LogP contribution >= 0.6 is 0 Å². The predicted octanol–water partition coefficient (Wildman–Crippen LogP) is 3.19. The molecular formula is C16H18O2. The first-order valence-electron chi connectivity index (χ1n) is 6.64. The second-order valence-electron chi connectivity index (χ2n) is 5.30. The van der Waals surface area contributed by atoms with Crippen molar-refractivity contribution in [1.29, 1.82) is 0 Å². The number of ether oxygens (including phenoxy) is 1. The Morgan fingerprint density at radius 1 is 1.22 bits per heavy atom. The van der Waals surface area contributed by atoms with Crippen LogP contribution in [0.4, 0.5) is 0 Å². The molecule has 3 rings (SSSR count). The summed E-state index contributed by atoms with van der Waals surface area (Å²) in [6.45, 7) is 0. The Morgan fingerprint density at radius 3 is 2.83 bits per heavy atom. The highest BCUT2D eigenvalue weighted by Crippen LogP contribution is 2.46. The molecule has 1 aromatic carbocycles. The Kier molecular flexibility index (Phi) is 2.73. The minimum Gasteiger partial charge on any atom is -0.496 e. The molecule has 0 bridgehead atoms. The highest BCUT2D eigenvalue weighted by atomic mass is 16.5. The van der Waals surface area contributed by atoms with Crippen molar-refractivity contribution in [2.24, 2.45) is 0 Å². The van der Waals surface area contributed by atoms with E-state index in [-0.39, 0.29) is 11.2 Å². The molecule has 0 aromatic heterocycles. The molecule has 18 heavy (non-hydrogen) atoms. The maximum absolute atomic E-state index is 11.4. The number of methoxy groups -OCH3 is 1. The van der Waals surface area contributed by atoms with Crippen molar-refractivity contribution < 1.29 is 9.53 Å². The molecule has 0 heterocycles. The summed E-state index contributed by atoms with van der Waals surface area (Å²) in [5, 5.41) is 0. The molecule has 0 saturated heterocycles. The fourth-order valence-electron chi connectivity index (χ4n) is 3.39.